The maximum absolute atomic E-state index is 6.02. The Morgan fingerprint density at radius 3 is 2.69 bits per heavy atom. The van der Waals surface area contributed by atoms with Crippen LogP contribution in [0.4, 0.5) is 0 Å². The topological polar surface area (TPSA) is 42.5 Å². The molecule has 0 saturated carbocycles. The molecule has 0 unspecified atom stereocenters. The molecule has 0 aromatic heterocycles. The van der Waals surface area contributed by atoms with Crippen molar-refractivity contribution in [2.24, 2.45) is 5.92 Å². The van der Waals surface area contributed by atoms with Crippen molar-refractivity contribution in [3.05, 3.63) is 58.6 Å². The predicted molar refractivity (Wildman–Crippen MR) is 106 cm³/mol. The number of piperidine rings is 1. The van der Waals surface area contributed by atoms with Gasteiger partial charge in [-0.15, -0.1) is 0 Å². The largest absolute Gasteiger partial charge is 0.493 e. The zero-order chi connectivity index (χ0) is 18.2. The van der Waals surface area contributed by atoms with E-state index in [0.717, 1.165) is 49.2 Å². The average Bonchev–Trinajstić information content (AvgIpc) is 2.67. The predicted octanol–water partition coefficient (Wildman–Crippen LogP) is 4.02. The van der Waals surface area contributed by atoms with Crippen LogP contribution in [0.2, 0.25) is 5.02 Å². The summed E-state index contributed by atoms with van der Waals surface area (Å²) in [5, 5.41) is 7.69. The van der Waals surface area contributed by atoms with Gasteiger partial charge in [-0.05, 0) is 73.8 Å². The smallest absolute Gasteiger partial charge is 0.161 e. The van der Waals surface area contributed by atoms with Crippen LogP contribution in [0.1, 0.15) is 24.0 Å². The van der Waals surface area contributed by atoms with Crippen molar-refractivity contribution in [1.82, 2.24) is 10.6 Å². The summed E-state index contributed by atoms with van der Waals surface area (Å²) in [6.45, 7) is 4.65. The summed E-state index contributed by atoms with van der Waals surface area (Å²) in [5.41, 5.74) is 2.23. The number of hydrogen-bond acceptors (Lipinski definition) is 4. The van der Waals surface area contributed by atoms with Gasteiger partial charge in [-0.25, -0.2) is 0 Å². The lowest BCUT2D eigenvalue weighted by Crippen LogP contribution is -2.33. The van der Waals surface area contributed by atoms with Gasteiger partial charge in [-0.3, -0.25) is 0 Å². The number of rotatable bonds is 8. The van der Waals surface area contributed by atoms with Gasteiger partial charge in [-0.2, -0.15) is 0 Å². The second-order valence-electron chi connectivity index (χ2n) is 6.73. The van der Waals surface area contributed by atoms with Crippen molar-refractivity contribution in [2.45, 2.75) is 26.0 Å². The first kappa shape index (κ1) is 19.0. The fourth-order valence-electron chi connectivity index (χ4n) is 3.24. The van der Waals surface area contributed by atoms with E-state index in [1.165, 1.54) is 18.4 Å². The third kappa shape index (κ3) is 5.63. The molecule has 2 N–H and O–H groups in total. The molecule has 1 aliphatic rings. The lowest BCUT2D eigenvalue weighted by molar-refractivity contribution is 0.284. The second-order valence-corrected chi connectivity index (χ2v) is 7.16. The summed E-state index contributed by atoms with van der Waals surface area (Å²) >= 11 is 6.02. The van der Waals surface area contributed by atoms with Gasteiger partial charge in [0.05, 0.1) is 7.11 Å². The average molecular weight is 375 g/mol. The van der Waals surface area contributed by atoms with Gasteiger partial charge in [0.2, 0.25) is 0 Å². The minimum Gasteiger partial charge on any atom is -0.493 e. The highest BCUT2D eigenvalue weighted by Crippen LogP contribution is 2.29. The standard InChI is InChI=1S/C21H27ClN2O2/c1-25-21-12-17(14-24-13-16-7-9-23-10-8-16)5-6-20(21)26-15-18-3-2-4-19(22)11-18/h2-6,11-12,16,23-24H,7-10,13-15H2,1H3. The SMILES string of the molecule is COc1cc(CNCC2CCNCC2)ccc1OCc1cccc(Cl)c1. The Morgan fingerprint density at radius 2 is 1.92 bits per heavy atom. The Labute approximate surface area is 160 Å². The van der Waals surface area contributed by atoms with Crippen LogP contribution < -0.4 is 20.1 Å². The summed E-state index contributed by atoms with van der Waals surface area (Å²) in [6, 6.07) is 13.8. The van der Waals surface area contributed by atoms with Crippen molar-refractivity contribution in [1.29, 1.82) is 0 Å². The number of methoxy groups -OCH3 is 1. The minimum absolute atomic E-state index is 0.463. The molecule has 4 nitrogen and oxygen atoms in total. The Bertz CT molecular complexity index is 702. The first-order chi connectivity index (χ1) is 12.7. The second kappa shape index (κ2) is 9.81. The van der Waals surface area contributed by atoms with Crippen molar-refractivity contribution < 1.29 is 9.47 Å². The first-order valence-electron chi connectivity index (χ1n) is 9.20. The fraction of sp³-hybridized carbons (Fsp3) is 0.429. The molecule has 0 aliphatic carbocycles. The molecular weight excluding hydrogens is 348 g/mol. The van der Waals surface area contributed by atoms with Gasteiger partial charge >= 0.3 is 0 Å². The van der Waals surface area contributed by atoms with Gasteiger partial charge in [-0.1, -0.05) is 29.8 Å². The Hall–Kier alpha value is -1.75. The van der Waals surface area contributed by atoms with Crippen LogP contribution in [0, 0.1) is 5.92 Å². The summed E-state index contributed by atoms with van der Waals surface area (Å²) in [6.07, 6.45) is 2.51. The fourth-order valence-corrected chi connectivity index (χ4v) is 3.45. The van der Waals surface area contributed by atoms with Crippen LogP contribution in [0.15, 0.2) is 42.5 Å². The van der Waals surface area contributed by atoms with Crippen LogP contribution >= 0.6 is 11.6 Å². The Kier molecular flexibility index (Phi) is 7.18. The molecule has 1 heterocycles. The molecular formula is C21H27ClN2O2. The molecule has 0 radical (unpaired) electrons. The Morgan fingerprint density at radius 1 is 1.08 bits per heavy atom. The third-order valence-electron chi connectivity index (χ3n) is 4.73. The van der Waals surface area contributed by atoms with Crippen LogP contribution in [0.5, 0.6) is 11.5 Å². The van der Waals surface area contributed by atoms with Crippen LogP contribution in [0.25, 0.3) is 0 Å². The van der Waals surface area contributed by atoms with Gasteiger partial charge < -0.3 is 20.1 Å². The van der Waals surface area contributed by atoms with Gasteiger partial charge in [0, 0.05) is 11.6 Å². The van der Waals surface area contributed by atoms with Crippen LogP contribution in [0.3, 0.4) is 0 Å². The lowest BCUT2D eigenvalue weighted by Gasteiger charge is -2.23. The van der Waals surface area contributed by atoms with Crippen molar-refractivity contribution in [3.63, 3.8) is 0 Å². The summed E-state index contributed by atoms with van der Waals surface area (Å²) in [7, 11) is 1.67. The van der Waals surface area contributed by atoms with E-state index in [-0.39, 0.29) is 0 Å². The van der Waals surface area contributed by atoms with E-state index in [1.807, 2.05) is 36.4 Å². The van der Waals surface area contributed by atoms with E-state index in [1.54, 1.807) is 7.11 Å². The molecule has 1 fully saturated rings. The molecule has 2 aromatic rings. The third-order valence-corrected chi connectivity index (χ3v) is 4.97. The zero-order valence-electron chi connectivity index (χ0n) is 15.3. The van der Waals surface area contributed by atoms with Gasteiger partial charge in [0.15, 0.2) is 11.5 Å². The Balaban J connectivity index is 1.53. The summed E-state index contributed by atoms with van der Waals surface area (Å²) in [4.78, 5) is 0. The van der Waals surface area contributed by atoms with Gasteiger partial charge in [0.25, 0.3) is 0 Å². The quantitative estimate of drug-likeness (QED) is 0.732. The molecule has 0 spiro atoms. The van der Waals surface area contributed by atoms with E-state index in [9.17, 15) is 0 Å². The van der Waals surface area contributed by atoms with E-state index in [0.29, 0.717) is 11.6 Å². The number of nitrogens with one attached hydrogen (secondary N) is 2. The molecule has 26 heavy (non-hydrogen) atoms. The highest BCUT2D eigenvalue weighted by atomic mass is 35.5. The maximum atomic E-state index is 6.02. The molecule has 0 atom stereocenters. The molecule has 5 heteroatoms. The monoisotopic (exact) mass is 374 g/mol. The zero-order valence-corrected chi connectivity index (χ0v) is 16.0. The van der Waals surface area contributed by atoms with Crippen LogP contribution in [-0.2, 0) is 13.2 Å². The number of ether oxygens (including phenoxy) is 2. The van der Waals surface area contributed by atoms with Gasteiger partial charge in [0.1, 0.15) is 6.61 Å². The van der Waals surface area contributed by atoms with Crippen LogP contribution in [-0.4, -0.2) is 26.7 Å². The van der Waals surface area contributed by atoms with E-state index in [4.69, 9.17) is 21.1 Å². The molecule has 0 amide bonds. The van der Waals surface area contributed by atoms with Crippen molar-refractivity contribution in [3.8, 4) is 11.5 Å². The first-order valence-corrected chi connectivity index (χ1v) is 9.58. The minimum atomic E-state index is 0.463. The summed E-state index contributed by atoms with van der Waals surface area (Å²) in [5.74, 6) is 2.28. The van der Waals surface area contributed by atoms with Crippen molar-refractivity contribution in [2.75, 3.05) is 26.7 Å². The number of halogens is 1. The number of hydrogen-bond donors (Lipinski definition) is 2. The maximum Gasteiger partial charge on any atom is 0.161 e. The van der Waals surface area contributed by atoms with E-state index in [2.05, 4.69) is 16.7 Å². The highest BCUT2D eigenvalue weighted by molar-refractivity contribution is 6.30. The summed E-state index contributed by atoms with van der Waals surface area (Å²) < 4.78 is 11.4. The molecule has 1 saturated heterocycles. The highest BCUT2D eigenvalue weighted by Gasteiger charge is 2.12. The molecule has 3 rings (SSSR count). The number of benzene rings is 2. The normalized spacial score (nSPS) is 15.0. The molecule has 0 bridgehead atoms. The van der Waals surface area contributed by atoms with E-state index < -0.39 is 0 Å². The van der Waals surface area contributed by atoms with E-state index >= 15 is 0 Å². The van der Waals surface area contributed by atoms with Crippen molar-refractivity contribution >= 4 is 11.6 Å². The lowest BCUT2D eigenvalue weighted by atomic mass is 9.98. The molecule has 1 aliphatic heterocycles. The molecule has 2 aromatic carbocycles. The molecule has 140 valence electrons.